The highest BCUT2D eigenvalue weighted by atomic mass is 16.1. The van der Waals surface area contributed by atoms with Crippen molar-refractivity contribution < 1.29 is 4.79 Å². The van der Waals surface area contributed by atoms with E-state index in [1.807, 2.05) is 24.3 Å². The minimum Gasteiger partial charge on any atom is -0.352 e. The molecule has 0 radical (unpaired) electrons. The molecule has 2 heterocycles. The minimum absolute atomic E-state index is 0.110. The number of hydrogen-bond donors (Lipinski definition) is 3. The summed E-state index contributed by atoms with van der Waals surface area (Å²) in [6, 6.07) is 8.21. The Labute approximate surface area is 118 Å². The summed E-state index contributed by atoms with van der Waals surface area (Å²) < 4.78 is 0. The number of aromatic amines is 1. The number of piperidine rings is 1. The van der Waals surface area contributed by atoms with E-state index in [0.717, 1.165) is 42.8 Å². The highest BCUT2D eigenvalue weighted by molar-refractivity contribution is 5.77. The number of carbonyl (C=O) groups is 1. The first kappa shape index (κ1) is 13.1. The molecule has 20 heavy (non-hydrogen) atoms. The van der Waals surface area contributed by atoms with Crippen LogP contribution in [0.15, 0.2) is 24.3 Å². The molecule has 3 N–H and O–H groups in total. The Morgan fingerprint density at radius 1 is 1.40 bits per heavy atom. The lowest BCUT2D eigenvalue weighted by Gasteiger charge is -2.23. The second kappa shape index (κ2) is 6.05. The number of rotatable bonds is 4. The van der Waals surface area contributed by atoms with E-state index in [0.29, 0.717) is 12.8 Å². The fourth-order valence-corrected chi connectivity index (χ4v) is 2.63. The first-order chi connectivity index (χ1) is 9.81. The van der Waals surface area contributed by atoms with Gasteiger partial charge in [0.25, 0.3) is 0 Å². The Balaban J connectivity index is 1.51. The Hall–Kier alpha value is -1.88. The number of aromatic nitrogens is 2. The molecule has 1 fully saturated rings. The van der Waals surface area contributed by atoms with E-state index in [-0.39, 0.29) is 11.9 Å². The molecule has 0 aliphatic carbocycles. The highest BCUT2D eigenvalue weighted by Gasteiger charge is 2.15. The second-order valence-electron chi connectivity index (χ2n) is 5.31. The Morgan fingerprint density at radius 3 is 3.10 bits per heavy atom. The van der Waals surface area contributed by atoms with Gasteiger partial charge in [0.2, 0.25) is 5.91 Å². The van der Waals surface area contributed by atoms with Crippen LogP contribution >= 0.6 is 0 Å². The number of fused-ring (bicyclic) bond motifs is 1. The fraction of sp³-hybridized carbons (Fsp3) is 0.467. The molecule has 1 aromatic carbocycles. The molecule has 3 rings (SSSR count). The number of amides is 1. The number of carbonyl (C=O) groups excluding carboxylic acids is 1. The monoisotopic (exact) mass is 272 g/mol. The average molecular weight is 272 g/mol. The maximum absolute atomic E-state index is 11.9. The molecule has 2 aromatic rings. The largest absolute Gasteiger partial charge is 0.352 e. The van der Waals surface area contributed by atoms with Gasteiger partial charge in [-0.2, -0.15) is 0 Å². The van der Waals surface area contributed by atoms with Crippen LogP contribution in [0.1, 0.15) is 25.1 Å². The van der Waals surface area contributed by atoms with Gasteiger partial charge < -0.3 is 15.6 Å². The van der Waals surface area contributed by atoms with Crippen LogP contribution in [-0.4, -0.2) is 35.0 Å². The SMILES string of the molecule is O=C(CCc1nc2ccccc2[nH]1)N[C@H]1CCCNC1. The van der Waals surface area contributed by atoms with Gasteiger partial charge in [0.15, 0.2) is 0 Å². The molecule has 1 saturated heterocycles. The zero-order valence-electron chi connectivity index (χ0n) is 11.5. The third-order valence-electron chi connectivity index (χ3n) is 3.69. The number of nitrogens with one attached hydrogen (secondary N) is 3. The number of benzene rings is 1. The van der Waals surface area contributed by atoms with Crippen LogP contribution in [0.3, 0.4) is 0 Å². The number of H-pyrrole nitrogens is 1. The molecule has 1 aromatic heterocycles. The topological polar surface area (TPSA) is 69.8 Å². The fourth-order valence-electron chi connectivity index (χ4n) is 2.63. The minimum atomic E-state index is 0.110. The van der Waals surface area contributed by atoms with Crippen molar-refractivity contribution in [2.75, 3.05) is 13.1 Å². The smallest absolute Gasteiger partial charge is 0.220 e. The second-order valence-corrected chi connectivity index (χ2v) is 5.31. The van der Waals surface area contributed by atoms with Gasteiger partial charge in [-0.15, -0.1) is 0 Å². The molecule has 5 heteroatoms. The molecule has 1 aliphatic rings. The van der Waals surface area contributed by atoms with E-state index in [9.17, 15) is 4.79 Å². The van der Waals surface area contributed by atoms with Crippen molar-refractivity contribution in [3.63, 3.8) is 0 Å². The van der Waals surface area contributed by atoms with Crippen molar-refractivity contribution in [3.8, 4) is 0 Å². The lowest BCUT2D eigenvalue weighted by molar-refractivity contribution is -0.121. The van der Waals surface area contributed by atoms with Crippen LogP contribution in [0.2, 0.25) is 0 Å². The van der Waals surface area contributed by atoms with Crippen LogP contribution in [0.4, 0.5) is 0 Å². The lowest BCUT2D eigenvalue weighted by atomic mass is 10.1. The average Bonchev–Trinajstić information content (AvgIpc) is 2.89. The number of aryl methyl sites for hydroxylation is 1. The summed E-state index contributed by atoms with van der Waals surface area (Å²) >= 11 is 0. The predicted octanol–water partition coefficient (Wildman–Crippen LogP) is 1.36. The highest BCUT2D eigenvalue weighted by Crippen LogP contribution is 2.11. The van der Waals surface area contributed by atoms with E-state index in [1.54, 1.807) is 0 Å². The van der Waals surface area contributed by atoms with Crippen LogP contribution < -0.4 is 10.6 Å². The summed E-state index contributed by atoms with van der Waals surface area (Å²) in [5.74, 6) is 0.988. The van der Waals surface area contributed by atoms with Crippen LogP contribution in [0, 0.1) is 0 Å². The van der Waals surface area contributed by atoms with Gasteiger partial charge in [0.05, 0.1) is 11.0 Å². The number of para-hydroxylation sites is 2. The number of hydrogen-bond acceptors (Lipinski definition) is 3. The summed E-state index contributed by atoms with van der Waals surface area (Å²) in [6.07, 6.45) is 3.34. The number of nitrogens with zero attached hydrogens (tertiary/aromatic N) is 1. The van der Waals surface area contributed by atoms with Gasteiger partial charge in [-0.05, 0) is 31.5 Å². The summed E-state index contributed by atoms with van der Waals surface area (Å²) in [5, 5.41) is 6.38. The van der Waals surface area contributed by atoms with Crippen molar-refractivity contribution in [1.29, 1.82) is 0 Å². The van der Waals surface area contributed by atoms with Gasteiger partial charge >= 0.3 is 0 Å². The molecule has 1 atom stereocenters. The summed E-state index contributed by atoms with van der Waals surface area (Å²) in [4.78, 5) is 19.7. The molecule has 106 valence electrons. The van der Waals surface area contributed by atoms with Gasteiger partial charge in [-0.3, -0.25) is 4.79 Å². The zero-order valence-corrected chi connectivity index (χ0v) is 11.5. The van der Waals surface area contributed by atoms with Crippen LogP contribution in [0.25, 0.3) is 11.0 Å². The Morgan fingerprint density at radius 2 is 2.30 bits per heavy atom. The summed E-state index contributed by atoms with van der Waals surface area (Å²) in [7, 11) is 0. The van der Waals surface area contributed by atoms with Gasteiger partial charge in [0, 0.05) is 25.4 Å². The molecular weight excluding hydrogens is 252 g/mol. The van der Waals surface area contributed by atoms with Crippen LogP contribution in [-0.2, 0) is 11.2 Å². The molecular formula is C15H20N4O. The first-order valence-corrected chi connectivity index (χ1v) is 7.25. The predicted molar refractivity (Wildman–Crippen MR) is 78.4 cm³/mol. The Kier molecular flexibility index (Phi) is 3.97. The molecule has 0 bridgehead atoms. The zero-order chi connectivity index (χ0) is 13.8. The normalized spacial score (nSPS) is 19.1. The van der Waals surface area contributed by atoms with Gasteiger partial charge in [-0.1, -0.05) is 12.1 Å². The van der Waals surface area contributed by atoms with E-state index >= 15 is 0 Å². The molecule has 1 aliphatic heterocycles. The third-order valence-corrected chi connectivity index (χ3v) is 3.69. The number of imidazole rings is 1. The van der Waals surface area contributed by atoms with Gasteiger partial charge in [-0.25, -0.2) is 4.98 Å². The first-order valence-electron chi connectivity index (χ1n) is 7.25. The van der Waals surface area contributed by atoms with Crippen molar-refractivity contribution in [1.82, 2.24) is 20.6 Å². The third kappa shape index (κ3) is 3.17. The van der Waals surface area contributed by atoms with Crippen molar-refractivity contribution in [2.45, 2.75) is 31.7 Å². The van der Waals surface area contributed by atoms with E-state index in [1.165, 1.54) is 0 Å². The molecule has 0 unspecified atom stereocenters. The molecule has 0 spiro atoms. The van der Waals surface area contributed by atoms with E-state index < -0.39 is 0 Å². The van der Waals surface area contributed by atoms with Crippen molar-refractivity contribution in [3.05, 3.63) is 30.1 Å². The van der Waals surface area contributed by atoms with Gasteiger partial charge in [0.1, 0.15) is 5.82 Å². The molecule has 5 nitrogen and oxygen atoms in total. The van der Waals surface area contributed by atoms with Crippen molar-refractivity contribution in [2.24, 2.45) is 0 Å². The standard InChI is InChI=1S/C15H20N4O/c20-15(17-11-4-3-9-16-10-11)8-7-14-18-12-5-1-2-6-13(12)19-14/h1-2,5-6,11,16H,3-4,7-10H2,(H,17,20)(H,18,19)/t11-/m0/s1. The maximum atomic E-state index is 11.9. The van der Waals surface area contributed by atoms with Crippen molar-refractivity contribution >= 4 is 16.9 Å². The Bertz CT molecular complexity index is 553. The molecule has 1 amide bonds. The summed E-state index contributed by atoms with van der Waals surface area (Å²) in [5.41, 5.74) is 1.98. The lowest BCUT2D eigenvalue weighted by Crippen LogP contribution is -2.45. The molecule has 0 saturated carbocycles. The quantitative estimate of drug-likeness (QED) is 0.787. The summed E-state index contributed by atoms with van der Waals surface area (Å²) in [6.45, 7) is 1.95. The van der Waals surface area contributed by atoms with E-state index in [4.69, 9.17) is 0 Å². The van der Waals surface area contributed by atoms with Crippen LogP contribution in [0.5, 0.6) is 0 Å². The maximum Gasteiger partial charge on any atom is 0.220 e. The van der Waals surface area contributed by atoms with E-state index in [2.05, 4.69) is 20.6 Å².